The molecule has 0 bridgehead atoms. The number of halogens is 1. The van der Waals surface area contributed by atoms with Gasteiger partial charge in [-0.05, 0) is 47.0 Å². The number of hydrogen-bond acceptors (Lipinski definition) is 9. The van der Waals surface area contributed by atoms with Crippen molar-refractivity contribution >= 4 is 39.8 Å². The van der Waals surface area contributed by atoms with Gasteiger partial charge in [0.1, 0.15) is 11.5 Å². The van der Waals surface area contributed by atoms with Gasteiger partial charge in [0.15, 0.2) is 5.82 Å². The lowest BCUT2D eigenvalue weighted by molar-refractivity contribution is -0.118. The number of hydrogen-bond donors (Lipinski definition) is 2. The number of benzene rings is 3. The molecule has 2 aliphatic heterocycles. The molecule has 37 heavy (non-hydrogen) atoms. The molecule has 188 valence electrons. The van der Waals surface area contributed by atoms with Crippen molar-refractivity contribution in [2.24, 2.45) is 0 Å². The summed E-state index contributed by atoms with van der Waals surface area (Å²) in [5, 5.41) is 5.78. The number of ether oxygens (including phenoxy) is 2. The van der Waals surface area contributed by atoms with E-state index < -0.39 is 0 Å². The molecule has 1 unspecified atom stereocenters. The van der Waals surface area contributed by atoms with Crippen LogP contribution in [0.3, 0.4) is 0 Å². The molecule has 1 aromatic heterocycles. The summed E-state index contributed by atoms with van der Waals surface area (Å²) in [5.74, 6) is 1.04. The number of aromatic nitrogens is 3. The highest BCUT2D eigenvalue weighted by atomic mass is 35.5. The van der Waals surface area contributed by atoms with Gasteiger partial charge in [0.25, 0.3) is 0 Å². The van der Waals surface area contributed by atoms with E-state index in [0.29, 0.717) is 41.9 Å². The molecule has 0 radical (unpaired) electrons. The third-order valence-corrected chi connectivity index (χ3v) is 7.01. The van der Waals surface area contributed by atoms with Gasteiger partial charge < -0.3 is 25.4 Å². The Hall–Kier alpha value is -3.79. The fourth-order valence-corrected chi connectivity index (χ4v) is 5.30. The molecule has 3 heterocycles. The highest BCUT2D eigenvalue weighted by Gasteiger charge is 2.24. The molecule has 0 aliphatic carbocycles. The molecule has 1 atom stereocenters. The first-order valence-electron chi connectivity index (χ1n) is 12.1. The second kappa shape index (κ2) is 9.59. The van der Waals surface area contributed by atoms with Gasteiger partial charge in [-0.25, -0.2) is 0 Å². The van der Waals surface area contributed by atoms with Crippen LogP contribution in [0.4, 0.5) is 11.6 Å². The Labute approximate surface area is 218 Å². The minimum Gasteiger partial charge on any atom is -0.424 e. The van der Waals surface area contributed by atoms with Crippen molar-refractivity contribution in [1.82, 2.24) is 20.3 Å². The molecule has 2 aliphatic rings. The van der Waals surface area contributed by atoms with Gasteiger partial charge in [0, 0.05) is 37.0 Å². The second-order valence-corrected chi connectivity index (χ2v) is 9.59. The van der Waals surface area contributed by atoms with Crippen LogP contribution in [-0.4, -0.2) is 46.4 Å². The number of nitrogen functional groups attached to an aromatic ring is 1. The molecular formula is C27H25ClN6O3. The van der Waals surface area contributed by atoms with Crippen LogP contribution in [0.25, 0.3) is 22.2 Å². The van der Waals surface area contributed by atoms with E-state index in [2.05, 4.69) is 25.2 Å². The molecule has 10 heteroatoms. The fraction of sp³-hybridized carbons (Fsp3) is 0.259. The van der Waals surface area contributed by atoms with Gasteiger partial charge in [0.05, 0.1) is 24.3 Å². The third-order valence-electron chi connectivity index (χ3n) is 6.71. The first-order valence-corrected chi connectivity index (χ1v) is 12.4. The lowest BCUT2D eigenvalue weighted by atomic mass is 9.94. The van der Waals surface area contributed by atoms with Crippen LogP contribution in [0.15, 0.2) is 48.5 Å². The largest absolute Gasteiger partial charge is 0.424 e. The van der Waals surface area contributed by atoms with E-state index in [1.54, 1.807) is 6.92 Å². The van der Waals surface area contributed by atoms with E-state index >= 15 is 0 Å². The van der Waals surface area contributed by atoms with Crippen LogP contribution in [-0.2, 0) is 22.7 Å². The van der Waals surface area contributed by atoms with Crippen molar-refractivity contribution in [1.29, 1.82) is 0 Å². The maximum Gasteiger partial charge on any atom is 0.327 e. The SMILES string of the molecule is CC(=O)C1CN(c2cccc(Oc3nc(N)nc(-c4c(Cl)cc5c6c(cccc46)COC5)n3)c2)CCN1. The van der Waals surface area contributed by atoms with E-state index in [1.807, 2.05) is 48.5 Å². The number of ketones is 1. The summed E-state index contributed by atoms with van der Waals surface area (Å²) in [6, 6.07) is 15.4. The second-order valence-electron chi connectivity index (χ2n) is 9.19. The van der Waals surface area contributed by atoms with Gasteiger partial charge >= 0.3 is 6.01 Å². The number of Topliss-reactive ketones (excluding diaryl/α,β-unsaturated/α-hetero) is 1. The van der Waals surface area contributed by atoms with Crippen molar-refractivity contribution < 1.29 is 14.3 Å². The molecule has 3 N–H and O–H groups in total. The van der Waals surface area contributed by atoms with Crippen LogP contribution in [0.2, 0.25) is 5.02 Å². The van der Waals surface area contributed by atoms with Gasteiger partial charge in [-0.15, -0.1) is 0 Å². The van der Waals surface area contributed by atoms with Crippen LogP contribution >= 0.6 is 11.6 Å². The van der Waals surface area contributed by atoms with E-state index in [4.69, 9.17) is 26.8 Å². The Morgan fingerprint density at radius 2 is 1.97 bits per heavy atom. The van der Waals surface area contributed by atoms with Crippen molar-refractivity contribution in [2.75, 3.05) is 30.3 Å². The van der Waals surface area contributed by atoms with Crippen LogP contribution in [0, 0.1) is 0 Å². The Morgan fingerprint density at radius 3 is 2.84 bits per heavy atom. The maximum atomic E-state index is 11.9. The van der Waals surface area contributed by atoms with E-state index in [0.717, 1.165) is 40.7 Å². The molecule has 4 aromatic rings. The van der Waals surface area contributed by atoms with Gasteiger partial charge in [-0.3, -0.25) is 4.79 Å². The summed E-state index contributed by atoms with van der Waals surface area (Å²) in [5.41, 5.74) is 9.82. The van der Waals surface area contributed by atoms with Crippen molar-refractivity contribution in [3.05, 3.63) is 64.7 Å². The minimum absolute atomic E-state index is 0.0300. The van der Waals surface area contributed by atoms with Gasteiger partial charge in [0.2, 0.25) is 5.95 Å². The summed E-state index contributed by atoms with van der Waals surface area (Å²) in [4.78, 5) is 27.2. The van der Waals surface area contributed by atoms with Crippen molar-refractivity contribution in [3.8, 4) is 23.1 Å². The van der Waals surface area contributed by atoms with Crippen LogP contribution in [0.1, 0.15) is 18.1 Å². The van der Waals surface area contributed by atoms with E-state index in [1.165, 1.54) is 0 Å². The van der Waals surface area contributed by atoms with Crippen LogP contribution in [0.5, 0.6) is 11.8 Å². The number of nitrogens with two attached hydrogens (primary N) is 1. The van der Waals surface area contributed by atoms with Gasteiger partial charge in [-0.1, -0.05) is 35.9 Å². The third kappa shape index (κ3) is 4.57. The van der Waals surface area contributed by atoms with Gasteiger partial charge in [-0.2, -0.15) is 15.0 Å². The van der Waals surface area contributed by atoms with Crippen molar-refractivity contribution in [2.45, 2.75) is 26.2 Å². The number of anilines is 2. The molecule has 1 saturated heterocycles. The molecule has 3 aromatic carbocycles. The Kier molecular flexibility index (Phi) is 6.11. The molecule has 0 amide bonds. The fourth-order valence-electron chi connectivity index (χ4n) is 4.98. The summed E-state index contributed by atoms with van der Waals surface area (Å²) in [6.07, 6.45) is 0. The number of carbonyl (C=O) groups is 1. The standard InChI is InChI=1S/C27H25ClN6O3/c1-15(35)22-12-34(9-8-30-22)18-5-3-6-19(11-18)37-27-32-25(31-26(29)33-27)24-20-7-2-4-16-13-36-14-17(23(16)20)10-21(24)28/h2-7,10-11,22,30H,8-9,12-14H2,1H3,(H2,29,31,32,33). The summed E-state index contributed by atoms with van der Waals surface area (Å²) in [7, 11) is 0. The number of piperazine rings is 1. The Balaban J connectivity index is 1.34. The molecule has 9 nitrogen and oxygen atoms in total. The number of nitrogens with one attached hydrogen (secondary N) is 1. The highest BCUT2D eigenvalue weighted by molar-refractivity contribution is 6.35. The Morgan fingerprint density at radius 1 is 1.14 bits per heavy atom. The zero-order valence-corrected chi connectivity index (χ0v) is 21.0. The first kappa shape index (κ1) is 23.6. The smallest absolute Gasteiger partial charge is 0.327 e. The predicted octanol–water partition coefficient (Wildman–Crippen LogP) is 4.12. The summed E-state index contributed by atoms with van der Waals surface area (Å²) >= 11 is 6.73. The lowest BCUT2D eigenvalue weighted by Crippen LogP contribution is -2.53. The molecule has 0 spiro atoms. The van der Waals surface area contributed by atoms with Crippen LogP contribution < -0.4 is 20.7 Å². The zero-order chi connectivity index (χ0) is 25.5. The molecule has 0 saturated carbocycles. The first-order chi connectivity index (χ1) is 18.0. The molecule has 1 fully saturated rings. The summed E-state index contributed by atoms with van der Waals surface area (Å²) in [6.45, 7) is 4.74. The van der Waals surface area contributed by atoms with E-state index in [9.17, 15) is 4.79 Å². The molecule has 6 rings (SSSR count). The predicted molar refractivity (Wildman–Crippen MR) is 142 cm³/mol. The quantitative estimate of drug-likeness (QED) is 0.404. The minimum atomic E-state index is -0.192. The highest BCUT2D eigenvalue weighted by Crippen LogP contribution is 2.40. The van der Waals surface area contributed by atoms with E-state index in [-0.39, 0.29) is 23.8 Å². The van der Waals surface area contributed by atoms with Crippen molar-refractivity contribution in [3.63, 3.8) is 0 Å². The molecular weight excluding hydrogens is 492 g/mol. The topological polar surface area (TPSA) is 115 Å². The number of carbonyl (C=O) groups excluding carboxylic acids is 1. The zero-order valence-electron chi connectivity index (χ0n) is 20.2. The average Bonchev–Trinajstić information content (AvgIpc) is 2.89. The number of nitrogens with zero attached hydrogens (tertiary/aromatic N) is 4. The Bertz CT molecular complexity index is 1530. The number of rotatable bonds is 5. The normalized spacial score (nSPS) is 17.1. The lowest BCUT2D eigenvalue weighted by Gasteiger charge is -2.34. The summed E-state index contributed by atoms with van der Waals surface area (Å²) < 4.78 is 11.7. The average molecular weight is 517 g/mol. The monoisotopic (exact) mass is 516 g/mol. The maximum absolute atomic E-state index is 11.9.